The summed E-state index contributed by atoms with van der Waals surface area (Å²) in [6.07, 6.45) is 1.84. The normalized spacial score (nSPS) is 15.0. The number of nitro groups is 1. The van der Waals surface area contributed by atoms with Gasteiger partial charge in [0.15, 0.2) is 0 Å². The van der Waals surface area contributed by atoms with Gasteiger partial charge in [0.25, 0.3) is 5.69 Å². The highest BCUT2D eigenvalue weighted by Crippen LogP contribution is 2.22. The summed E-state index contributed by atoms with van der Waals surface area (Å²) < 4.78 is 26.5. The SMILES string of the molecule is Cc1ccc(S(=O)(=O)NCC(=O)N2CCCC2)cc1[N+](=O)[O-]. The van der Waals surface area contributed by atoms with Gasteiger partial charge in [-0.2, -0.15) is 0 Å². The second-order valence-corrected chi connectivity index (χ2v) is 6.88. The second kappa shape index (κ2) is 6.41. The van der Waals surface area contributed by atoms with E-state index in [1.807, 2.05) is 0 Å². The predicted octanol–water partition coefficient (Wildman–Crippen LogP) is 0.804. The zero-order chi connectivity index (χ0) is 16.3. The van der Waals surface area contributed by atoms with Crippen LogP contribution in [0.25, 0.3) is 0 Å². The third-order valence-electron chi connectivity index (χ3n) is 3.56. The quantitative estimate of drug-likeness (QED) is 0.635. The molecule has 9 heteroatoms. The Morgan fingerprint density at radius 1 is 1.36 bits per heavy atom. The number of carbonyl (C=O) groups is 1. The van der Waals surface area contributed by atoms with Gasteiger partial charge in [-0.05, 0) is 25.8 Å². The lowest BCUT2D eigenvalue weighted by atomic mass is 10.2. The van der Waals surface area contributed by atoms with Gasteiger partial charge in [0.2, 0.25) is 15.9 Å². The molecule has 22 heavy (non-hydrogen) atoms. The molecule has 0 bridgehead atoms. The average Bonchev–Trinajstić information content (AvgIpc) is 2.99. The van der Waals surface area contributed by atoms with Crippen LogP contribution in [0.4, 0.5) is 5.69 Å². The molecule has 1 heterocycles. The fourth-order valence-corrected chi connectivity index (χ4v) is 3.27. The Labute approximate surface area is 128 Å². The molecule has 1 N–H and O–H groups in total. The van der Waals surface area contributed by atoms with Gasteiger partial charge in [-0.15, -0.1) is 0 Å². The number of hydrogen-bond acceptors (Lipinski definition) is 5. The summed E-state index contributed by atoms with van der Waals surface area (Å²) in [7, 11) is -3.96. The molecule has 0 radical (unpaired) electrons. The van der Waals surface area contributed by atoms with Crippen molar-refractivity contribution in [1.29, 1.82) is 0 Å². The highest BCUT2D eigenvalue weighted by Gasteiger charge is 2.23. The summed E-state index contributed by atoms with van der Waals surface area (Å²) in [6.45, 7) is 2.45. The van der Waals surface area contributed by atoms with Crippen molar-refractivity contribution in [1.82, 2.24) is 9.62 Å². The Bertz CT molecular complexity index is 696. The molecule has 0 unspecified atom stereocenters. The van der Waals surface area contributed by atoms with Crippen LogP contribution in [-0.4, -0.2) is 43.8 Å². The number of likely N-dealkylation sites (tertiary alicyclic amines) is 1. The van der Waals surface area contributed by atoms with Crippen molar-refractivity contribution in [3.8, 4) is 0 Å². The Balaban J connectivity index is 2.11. The molecule has 1 fully saturated rings. The molecule has 0 atom stereocenters. The largest absolute Gasteiger partial charge is 0.342 e. The van der Waals surface area contributed by atoms with E-state index in [0.717, 1.165) is 18.9 Å². The summed E-state index contributed by atoms with van der Waals surface area (Å²) in [6, 6.07) is 3.65. The monoisotopic (exact) mass is 327 g/mol. The molecule has 1 aromatic carbocycles. The highest BCUT2D eigenvalue weighted by molar-refractivity contribution is 7.89. The molecule has 120 valence electrons. The first-order valence-corrected chi connectivity index (χ1v) is 8.32. The summed E-state index contributed by atoms with van der Waals surface area (Å²) in [5, 5.41) is 10.9. The lowest BCUT2D eigenvalue weighted by Gasteiger charge is -2.15. The number of aryl methyl sites for hydroxylation is 1. The first-order chi connectivity index (χ1) is 10.3. The van der Waals surface area contributed by atoms with Crippen LogP contribution in [0.5, 0.6) is 0 Å². The molecule has 2 rings (SSSR count). The van der Waals surface area contributed by atoms with Gasteiger partial charge in [-0.1, -0.05) is 6.07 Å². The third-order valence-corrected chi connectivity index (χ3v) is 4.96. The van der Waals surface area contributed by atoms with E-state index in [2.05, 4.69) is 4.72 Å². The number of nitrogens with zero attached hydrogens (tertiary/aromatic N) is 2. The number of rotatable bonds is 5. The molecular weight excluding hydrogens is 310 g/mol. The Morgan fingerprint density at radius 2 is 2.00 bits per heavy atom. The number of carbonyl (C=O) groups excluding carboxylic acids is 1. The summed E-state index contributed by atoms with van der Waals surface area (Å²) >= 11 is 0. The molecule has 1 aromatic rings. The molecule has 1 aliphatic heterocycles. The minimum atomic E-state index is -3.96. The maximum absolute atomic E-state index is 12.1. The zero-order valence-electron chi connectivity index (χ0n) is 12.1. The minimum absolute atomic E-state index is 0.223. The van der Waals surface area contributed by atoms with Crippen LogP contribution in [0.3, 0.4) is 0 Å². The molecule has 0 aliphatic carbocycles. The van der Waals surface area contributed by atoms with Crippen LogP contribution in [0, 0.1) is 17.0 Å². The Hall–Kier alpha value is -2.00. The smallest absolute Gasteiger partial charge is 0.273 e. The molecule has 0 spiro atoms. The number of hydrogen-bond donors (Lipinski definition) is 1. The Morgan fingerprint density at radius 3 is 2.59 bits per heavy atom. The van der Waals surface area contributed by atoms with Crippen LogP contribution in [-0.2, 0) is 14.8 Å². The van der Waals surface area contributed by atoms with E-state index in [1.54, 1.807) is 4.90 Å². The summed E-state index contributed by atoms with van der Waals surface area (Å²) in [4.78, 5) is 23.5. The number of nitrogens with one attached hydrogen (secondary N) is 1. The lowest BCUT2D eigenvalue weighted by Crippen LogP contribution is -2.38. The standard InChI is InChI=1S/C13H17N3O5S/c1-10-4-5-11(8-12(10)16(18)19)22(20,21)14-9-13(17)15-6-2-3-7-15/h4-5,8,14H,2-3,6-7,9H2,1H3. The van der Waals surface area contributed by atoms with Crippen molar-refractivity contribution < 1.29 is 18.1 Å². The van der Waals surface area contributed by atoms with E-state index < -0.39 is 14.9 Å². The van der Waals surface area contributed by atoms with E-state index in [9.17, 15) is 23.3 Å². The molecule has 8 nitrogen and oxygen atoms in total. The van der Waals surface area contributed by atoms with Crippen molar-refractivity contribution in [3.05, 3.63) is 33.9 Å². The molecular formula is C13H17N3O5S. The number of nitro benzene ring substituents is 1. The van der Waals surface area contributed by atoms with Crippen molar-refractivity contribution >= 4 is 21.6 Å². The van der Waals surface area contributed by atoms with Crippen molar-refractivity contribution in [2.45, 2.75) is 24.7 Å². The van der Waals surface area contributed by atoms with Crippen LogP contribution >= 0.6 is 0 Å². The second-order valence-electron chi connectivity index (χ2n) is 5.12. The summed E-state index contributed by atoms with van der Waals surface area (Å²) in [5.74, 6) is -0.289. The fourth-order valence-electron chi connectivity index (χ4n) is 2.27. The first-order valence-electron chi connectivity index (χ1n) is 6.84. The highest BCUT2D eigenvalue weighted by atomic mass is 32.2. The van der Waals surface area contributed by atoms with E-state index in [0.29, 0.717) is 18.7 Å². The minimum Gasteiger partial charge on any atom is -0.342 e. The zero-order valence-corrected chi connectivity index (χ0v) is 12.9. The molecule has 0 aromatic heterocycles. The molecule has 1 aliphatic rings. The number of amides is 1. The average molecular weight is 327 g/mol. The van der Waals surface area contributed by atoms with Gasteiger partial charge in [-0.25, -0.2) is 13.1 Å². The maximum Gasteiger partial charge on any atom is 0.273 e. The number of sulfonamides is 1. The maximum atomic E-state index is 12.1. The van der Waals surface area contributed by atoms with Gasteiger partial charge in [0.1, 0.15) is 0 Å². The van der Waals surface area contributed by atoms with Crippen molar-refractivity contribution in [3.63, 3.8) is 0 Å². The van der Waals surface area contributed by atoms with Crippen LogP contribution in [0.2, 0.25) is 0 Å². The summed E-state index contributed by atoms with van der Waals surface area (Å²) in [5.41, 5.74) is 0.103. The van der Waals surface area contributed by atoms with Crippen molar-refractivity contribution in [2.24, 2.45) is 0 Å². The predicted molar refractivity (Wildman–Crippen MR) is 78.8 cm³/mol. The molecule has 0 saturated carbocycles. The topological polar surface area (TPSA) is 110 Å². The van der Waals surface area contributed by atoms with Gasteiger partial charge >= 0.3 is 0 Å². The Kier molecular flexibility index (Phi) is 4.77. The van der Waals surface area contributed by atoms with Crippen LogP contribution in [0.1, 0.15) is 18.4 Å². The lowest BCUT2D eigenvalue weighted by molar-refractivity contribution is -0.385. The van der Waals surface area contributed by atoms with E-state index in [-0.39, 0.29) is 23.0 Å². The van der Waals surface area contributed by atoms with E-state index in [4.69, 9.17) is 0 Å². The van der Waals surface area contributed by atoms with Gasteiger partial charge < -0.3 is 4.90 Å². The van der Waals surface area contributed by atoms with Gasteiger partial charge in [-0.3, -0.25) is 14.9 Å². The molecule has 1 saturated heterocycles. The van der Waals surface area contributed by atoms with Gasteiger partial charge in [0.05, 0.1) is 16.4 Å². The van der Waals surface area contributed by atoms with E-state index in [1.165, 1.54) is 19.1 Å². The molecule has 1 amide bonds. The fraction of sp³-hybridized carbons (Fsp3) is 0.462. The third kappa shape index (κ3) is 3.60. The number of benzene rings is 1. The van der Waals surface area contributed by atoms with Gasteiger partial charge in [0, 0.05) is 24.7 Å². The van der Waals surface area contributed by atoms with Crippen molar-refractivity contribution in [2.75, 3.05) is 19.6 Å². The van der Waals surface area contributed by atoms with Crippen LogP contribution in [0.15, 0.2) is 23.1 Å². The first kappa shape index (κ1) is 16.4. The van der Waals surface area contributed by atoms with E-state index >= 15 is 0 Å². The van der Waals surface area contributed by atoms with Crippen LogP contribution < -0.4 is 4.72 Å².